The number of rotatable bonds is 7. The van der Waals surface area contributed by atoms with E-state index in [2.05, 4.69) is 5.32 Å². The van der Waals surface area contributed by atoms with Crippen LogP contribution in [0.3, 0.4) is 0 Å². The van der Waals surface area contributed by atoms with Crippen LogP contribution in [0.2, 0.25) is 0 Å². The van der Waals surface area contributed by atoms with E-state index in [4.69, 9.17) is 4.74 Å². The largest absolute Gasteiger partial charge is 0.457 e. The van der Waals surface area contributed by atoms with E-state index in [1.165, 1.54) is 13.1 Å². The third-order valence-electron chi connectivity index (χ3n) is 3.62. The minimum Gasteiger partial charge on any atom is -0.457 e. The van der Waals surface area contributed by atoms with Gasteiger partial charge in [-0.1, -0.05) is 30.3 Å². The summed E-state index contributed by atoms with van der Waals surface area (Å²) in [4.78, 5) is 12.3. The average Bonchev–Trinajstić information content (AvgIpc) is 3.18. The highest BCUT2D eigenvalue weighted by Crippen LogP contribution is 2.24. The van der Waals surface area contributed by atoms with Crippen molar-refractivity contribution in [3.8, 4) is 11.5 Å². The number of hydrogen-bond donors (Lipinski definition) is 1. The van der Waals surface area contributed by atoms with Gasteiger partial charge in [0.05, 0.1) is 6.54 Å². The summed E-state index contributed by atoms with van der Waals surface area (Å²) in [6.45, 7) is -0.288. The summed E-state index contributed by atoms with van der Waals surface area (Å²) >= 11 is 1.11. The predicted molar refractivity (Wildman–Crippen MR) is 106 cm³/mol. The second-order valence-corrected chi connectivity index (χ2v) is 8.90. The molecule has 1 N–H and O–H groups in total. The minimum atomic E-state index is -3.67. The molecule has 8 heteroatoms. The van der Waals surface area contributed by atoms with Gasteiger partial charge in [0.1, 0.15) is 15.7 Å². The highest BCUT2D eigenvalue weighted by atomic mass is 32.2. The molecule has 0 bridgehead atoms. The van der Waals surface area contributed by atoms with Crippen molar-refractivity contribution in [3.05, 3.63) is 72.1 Å². The van der Waals surface area contributed by atoms with Crippen LogP contribution in [0.25, 0.3) is 0 Å². The number of benzene rings is 2. The van der Waals surface area contributed by atoms with Crippen LogP contribution in [-0.4, -0.2) is 32.2 Å². The van der Waals surface area contributed by atoms with E-state index in [0.29, 0.717) is 17.2 Å². The maximum Gasteiger partial charge on any atom is 0.252 e. The number of amides is 1. The molecule has 27 heavy (non-hydrogen) atoms. The van der Waals surface area contributed by atoms with Crippen LogP contribution in [0.5, 0.6) is 11.5 Å². The van der Waals surface area contributed by atoms with Gasteiger partial charge in [0.25, 0.3) is 10.0 Å². The van der Waals surface area contributed by atoms with Crippen LogP contribution in [0, 0.1) is 0 Å². The summed E-state index contributed by atoms with van der Waals surface area (Å²) in [5.74, 6) is 0.816. The van der Waals surface area contributed by atoms with E-state index >= 15 is 0 Å². The zero-order valence-corrected chi connectivity index (χ0v) is 16.2. The van der Waals surface area contributed by atoms with Gasteiger partial charge in [0, 0.05) is 18.8 Å². The SMILES string of the molecule is CN(CC(=O)Nc1cccc(Oc2ccccc2)c1)S(=O)(=O)c1cccs1. The Bertz CT molecular complexity index is 1000. The molecule has 3 aromatic rings. The molecule has 0 unspecified atom stereocenters. The third-order valence-corrected chi connectivity index (χ3v) is 6.80. The second kappa shape index (κ2) is 8.34. The highest BCUT2D eigenvalue weighted by Gasteiger charge is 2.23. The summed E-state index contributed by atoms with van der Waals surface area (Å²) in [6.07, 6.45) is 0. The first kappa shape index (κ1) is 19.1. The molecule has 0 saturated carbocycles. The Balaban J connectivity index is 1.63. The van der Waals surface area contributed by atoms with E-state index in [1.807, 2.05) is 30.3 Å². The van der Waals surface area contributed by atoms with Crippen LogP contribution in [0.15, 0.2) is 76.3 Å². The molecule has 0 aliphatic rings. The molecule has 0 aliphatic carbocycles. The average molecular weight is 402 g/mol. The number of carbonyl (C=O) groups is 1. The number of anilines is 1. The molecule has 1 amide bonds. The first-order valence-corrected chi connectivity index (χ1v) is 10.4. The Morgan fingerprint density at radius 3 is 2.48 bits per heavy atom. The van der Waals surface area contributed by atoms with Crippen molar-refractivity contribution in [2.45, 2.75) is 4.21 Å². The van der Waals surface area contributed by atoms with Gasteiger partial charge in [-0.25, -0.2) is 8.42 Å². The van der Waals surface area contributed by atoms with Crippen LogP contribution in [0.1, 0.15) is 0 Å². The lowest BCUT2D eigenvalue weighted by molar-refractivity contribution is -0.116. The minimum absolute atomic E-state index is 0.205. The Morgan fingerprint density at radius 1 is 1.04 bits per heavy atom. The van der Waals surface area contributed by atoms with Gasteiger partial charge < -0.3 is 10.1 Å². The zero-order valence-electron chi connectivity index (χ0n) is 14.5. The zero-order chi connectivity index (χ0) is 19.3. The number of carbonyl (C=O) groups excluding carboxylic acids is 1. The second-order valence-electron chi connectivity index (χ2n) is 5.68. The van der Waals surface area contributed by atoms with Crippen molar-refractivity contribution >= 4 is 33.0 Å². The van der Waals surface area contributed by atoms with Gasteiger partial charge in [-0.3, -0.25) is 4.79 Å². The van der Waals surface area contributed by atoms with Crippen molar-refractivity contribution in [2.24, 2.45) is 0 Å². The topological polar surface area (TPSA) is 75.7 Å². The normalized spacial score (nSPS) is 11.3. The maximum atomic E-state index is 12.4. The summed E-state index contributed by atoms with van der Waals surface area (Å²) < 4.78 is 31.7. The fourth-order valence-electron chi connectivity index (χ4n) is 2.31. The summed E-state index contributed by atoms with van der Waals surface area (Å²) in [7, 11) is -2.29. The maximum absolute atomic E-state index is 12.4. The molecule has 0 atom stereocenters. The smallest absolute Gasteiger partial charge is 0.252 e. The quantitative estimate of drug-likeness (QED) is 0.652. The fraction of sp³-hybridized carbons (Fsp3) is 0.105. The number of hydrogen-bond acceptors (Lipinski definition) is 5. The van der Waals surface area contributed by atoms with Crippen molar-refractivity contribution in [1.82, 2.24) is 4.31 Å². The Labute approximate surface area is 162 Å². The molecule has 0 radical (unpaired) electrons. The Kier molecular flexibility index (Phi) is 5.90. The van der Waals surface area contributed by atoms with Gasteiger partial charge in [-0.2, -0.15) is 4.31 Å². The lowest BCUT2D eigenvalue weighted by Gasteiger charge is -2.16. The van der Waals surface area contributed by atoms with E-state index in [9.17, 15) is 13.2 Å². The number of likely N-dealkylation sites (N-methyl/N-ethyl adjacent to an activating group) is 1. The Hall–Kier alpha value is -2.68. The summed E-state index contributed by atoms with van der Waals surface area (Å²) in [5, 5.41) is 4.37. The number of thiophene rings is 1. The summed E-state index contributed by atoms with van der Waals surface area (Å²) in [5.41, 5.74) is 0.523. The number of ether oxygens (including phenoxy) is 1. The standard InChI is InChI=1S/C19H18N2O4S2/c1-21(27(23,24)19-11-6-12-26-19)14-18(22)20-15-7-5-10-17(13-15)25-16-8-3-2-4-9-16/h2-13H,14H2,1H3,(H,20,22). The van der Waals surface area contributed by atoms with E-state index in [1.54, 1.807) is 35.7 Å². The summed E-state index contributed by atoms with van der Waals surface area (Å²) in [6, 6.07) is 19.4. The van der Waals surface area contributed by atoms with Crippen LogP contribution >= 0.6 is 11.3 Å². The van der Waals surface area contributed by atoms with Crippen molar-refractivity contribution in [2.75, 3.05) is 18.9 Å². The van der Waals surface area contributed by atoms with Gasteiger partial charge >= 0.3 is 0 Å². The number of sulfonamides is 1. The van der Waals surface area contributed by atoms with Crippen molar-refractivity contribution in [1.29, 1.82) is 0 Å². The monoisotopic (exact) mass is 402 g/mol. The molecule has 1 aromatic heterocycles. The molecule has 0 saturated heterocycles. The predicted octanol–water partition coefficient (Wildman–Crippen LogP) is 3.80. The first-order valence-electron chi connectivity index (χ1n) is 8.08. The van der Waals surface area contributed by atoms with Gasteiger partial charge in [0.15, 0.2) is 0 Å². The fourth-order valence-corrected chi connectivity index (χ4v) is 4.64. The molecule has 140 valence electrons. The lowest BCUT2D eigenvalue weighted by Crippen LogP contribution is -2.34. The Morgan fingerprint density at radius 2 is 1.78 bits per heavy atom. The van der Waals surface area contributed by atoms with Gasteiger partial charge in [-0.05, 0) is 35.7 Å². The van der Waals surface area contributed by atoms with E-state index in [-0.39, 0.29) is 10.8 Å². The molecule has 0 spiro atoms. The highest BCUT2D eigenvalue weighted by molar-refractivity contribution is 7.91. The molecular formula is C19H18N2O4S2. The number of para-hydroxylation sites is 1. The van der Waals surface area contributed by atoms with Crippen molar-refractivity contribution in [3.63, 3.8) is 0 Å². The van der Waals surface area contributed by atoms with Crippen LogP contribution < -0.4 is 10.1 Å². The number of nitrogens with one attached hydrogen (secondary N) is 1. The van der Waals surface area contributed by atoms with Crippen LogP contribution in [0.4, 0.5) is 5.69 Å². The number of nitrogens with zero attached hydrogens (tertiary/aromatic N) is 1. The van der Waals surface area contributed by atoms with Gasteiger partial charge in [0.2, 0.25) is 5.91 Å². The lowest BCUT2D eigenvalue weighted by atomic mass is 10.3. The molecular weight excluding hydrogens is 384 g/mol. The molecule has 0 fully saturated rings. The van der Waals surface area contributed by atoms with Crippen molar-refractivity contribution < 1.29 is 17.9 Å². The van der Waals surface area contributed by atoms with Crippen LogP contribution in [-0.2, 0) is 14.8 Å². The molecule has 6 nitrogen and oxygen atoms in total. The van der Waals surface area contributed by atoms with Gasteiger partial charge in [-0.15, -0.1) is 11.3 Å². The molecule has 2 aromatic carbocycles. The molecule has 1 heterocycles. The first-order chi connectivity index (χ1) is 12.9. The third kappa shape index (κ3) is 4.94. The molecule has 3 rings (SSSR count). The molecule has 0 aliphatic heterocycles. The van der Waals surface area contributed by atoms with E-state index in [0.717, 1.165) is 15.6 Å². The van der Waals surface area contributed by atoms with E-state index < -0.39 is 15.9 Å².